The highest BCUT2D eigenvalue weighted by Gasteiger charge is 2.14. The number of nitrogen functional groups attached to an aromatic ring is 1. The number of rotatable bonds is 3. The fraction of sp³-hybridized carbons (Fsp3) is 0.182. The lowest BCUT2D eigenvalue weighted by Crippen LogP contribution is -2.30. The van der Waals surface area contributed by atoms with Crippen LogP contribution in [0.3, 0.4) is 0 Å². The van der Waals surface area contributed by atoms with Crippen LogP contribution in [0.1, 0.15) is 21.9 Å². The highest BCUT2D eigenvalue weighted by molar-refractivity contribution is 5.94. The van der Waals surface area contributed by atoms with Gasteiger partial charge in [-0.15, -0.1) is 0 Å². The van der Waals surface area contributed by atoms with E-state index in [0.29, 0.717) is 11.5 Å². The van der Waals surface area contributed by atoms with Crippen LogP contribution >= 0.6 is 0 Å². The number of nitrogens with one attached hydrogen (secondary N) is 2. The number of furan rings is 1. The van der Waals surface area contributed by atoms with Gasteiger partial charge in [0, 0.05) is 12.1 Å². The topological polar surface area (TPSA) is 123 Å². The van der Waals surface area contributed by atoms with Crippen molar-refractivity contribution >= 4 is 5.91 Å². The van der Waals surface area contributed by atoms with Gasteiger partial charge in [0.2, 0.25) is 0 Å². The second-order valence-electron chi connectivity index (χ2n) is 3.89. The van der Waals surface area contributed by atoms with Crippen molar-refractivity contribution < 1.29 is 9.21 Å². The highest BCUT2D eigenvalue weighted by Crippen LogP contribution is 2.14. The number of amides is 1. The van der Waals surface area contributed by atoms with Gasteiger partial charge in [0.25, 0.3) is 17.0 Å². The van der Waals surface area contributed by atoms with Gasteiger partial charge in [-0.05, 0) is 13.0 Å². The van der Waals surface area contributed by atoms with Crippen LogP contribution in [0.25, 0.3) is 0 Å². The summed E-state index contributed by atoms with van der Waals surface area (Å²) < 4.78 is 6.43. The molecule has 0 fully saturated rings. The molecule has 2 heterocycles. The fourth-order valence-corrected chi connectivity index (χ4v) is 1.66. The lowest BCUT2D eigenvalue weighted by Gasteiger charge is -2.01. The molecule has 0 radical (unpaired) electrons. The zero-order chi connectivity index (χ0) is 14.0. The van der Waals surface area contributed by atoms with E-state index in [4.69, 9.17) is 10.3 Å². The number of carbonyl (C=O) groups excluding carboxylic acids is 1. The zero-order valence-corrected chi connectivity index (χ0v) is 10.1. The summed E-state index contributed by atoms with van der Waals surface area (Å²) >= 11 is 0. The number of hydrazine groups is 1. The number of nitrogens with two attached hydrogens (primary N) is 1. The third kappa shape index (κ3) is 2.63. The van der Waals surface area contributed by atoms with E-state index in [0.717, 1.165) is 16.8 Å². The molecular formula is C11H12N4O4. The predicted molar refractivity (Wildman–Crippen MR) is 65.5 cm³/mol. The molecule has 8 heteroatoms. The summed E-state index contributed by atoms with van der Waals surface area (Å²) in [6, 6.07) is 3.76. The number of hydrogen-bond donors (Lipinski definition) is 3. The van der Waals surface area contributed by atoms with Gasteiger partial charge in [0.1, 0.15) is 18.1 Å². The molecular weight excluding hydrogens is 252 g/mol. The standard InChI is InChI=1S/C11H12N4O4/c1-6-8(11(18)13-12)4-7(19-6)5-15-10(17)3-2-9(16)14-15/h2-4H,5,12H2,1H3,(H,13,18)(H,14,16). The average Bonchev–Trinajstić information content (AvgIpc) is 2.74. The third-order valence-corrected chi connectivity index (χ3v) is 2.55. The number of hydrogen-bond acceptors (Lipinski definition) is 5. The molecule has 0 aliphatic rings. The Balaban J connectivity index is 2.34. The van der Waals surface area contributed by atoms with Crippen LogP contribution in [0.4, 0.5) is 0 Å². The number of carbonyl (C=O) groups is 1. The maximum absolute atomic E-state index is 11.5. The van der Waals surface area contributed by atoms with E-state index in [1.54, 1.807) is 6.92 Å². The number of aromatic nitrogens is 2. The number of aryl methyl sites for hydroxylation is 1. The van der Waals surface area contributed by atoms with Gasteiger partial charge in [-0.1, -0.05) is 0 Å². The van der Waals surface area contributed by atoms with Gasteiger partial charge < -0.3 is 4.42 Å². The minimum absolute atomic E-state index is 0.0214. The van der Waals surface area contributed by atoms with E-state index >= 15 is 0 Å². The molecule has 0 unspecified atom stereocenters. The molecule has 4 N–H and O–H groups in total. The Morgan fingerprint density at radius 2 is 2.21 bits per heavy atom. The third-order valence-electron chi connectivity index (χ3n) is 2.55. The zero-order valence-electron chi connectivity index (χ0n) is 10.1. The first-order chi connectivity index (χ1) is 9.01. The van der Waals surface area contributed by atoms with Crippen molar-refractivity contribution in [3.8, 4) is 0 Å². The van der Waals surface area contributed by atoms with Crippen molar-refractivity contribution in [2.24, 2.45) is 5.84 Å². The van der Waals surface area contributed by atoms with Gasteiger partial charge in [0.05, 0.1) is 5.56 Å². The van der Waals surface area contributed by atoms with Crippen molar-refractivity contribution in [3.05, 3.63) is 56.0 Å². The Bertz CT molecular complexity index is 725. The smallest absolute Gasteiger partial charge is 0.268 e. The number of H-pyrrole nitrogens is 1. The molecule has 0 aromatic carbocycles. The molecule has 0 aliphatic heterocycles. The molecule has 0 saturated heterocycles. The van der Waals surface area contributed by atoms with Crippen molar-refractivity contribution in [3.63, 3.8) is 0 Å². The van der Waals surface area contributed by atoms with Crippen molar-refractivity contribution in [1.82, 2.24) is 15.2 Å². The van der Waals surface area contributed by atoms with Crippen LogP contribution in [0.5, 0.6) is 0 Å². The SMILES string of the molecule is Cc1oc(Cn2[nH]c(=O)ccc2=O)cc1C(=O)NN. The van der Waals surface area contributed by atoms with Crippen molar-refractivity contribution in [1.29, 1.82) is 0 Å². The summed E-state index contributed by atoms with van der Waals surface area (Å²) in [6.07, 6.45) is 0. The summed E-state index contributed by atoms with van der Waals surface area (Å²) in [4.78, 5) is 34.0. The van der Waals surface area contributed by atoms with Crippen LogP contribution in [0.15, 0.2) is 32.2 Å². The Morgan fingerprint density at radius 1 is 1.47 bits per heavy atom. The van der Waals surface area contributed by atoms with Crippen LogP contribution in [-0.4, -0.2) is 15.7 Å². The molecule has 8 nitrogen and oxygen atoms in total. The molecule has 2 aromatic heterocycles. The Hall–Kier alpha value is -2.61. The van der Waals surface area contributed by atoms with Crippen LogP contribution in [-0.2, 0) is 6.54 Å². The second kappa shape index (κ2) is 4.94. The van der Waals surface area contributed by atoms with Crippen LogP contribution in [0, 0.1) is 6.92 Å². The molecule has 19 heavy (non-hydrogen) atoms. The van der Waals surface area contributed by atoms with Crippen LogP contribution < -0.4 is 22.4 Å². The summed E-state index contributed by atoms with van der Waals surface area (Å²) in [5, 5.41) is 2.36. The van der Waals surface area contributed by atoms with Crippen molar-refractivity contribution in [2.45, 2.75) is 13.5 Å². The lowest BCUT2D eigenvalue weighted by molar-refractivity contribution is 0.0952. The van der Waals surface area contributed by atoms with E-state index in [9.17, 15) is 14.4 Å². The minimum Gasteiger partial charge on any atom is -0.464 e. The van der Waals surface area contributed by atoms with Gasteiger partial charge >= 0.3 is 0 Å². The molecule has 0 saturated carbocycles. The molecule has 100 valence electrons. The maximum Gasteiger partial charge on any atom is 0.268 e. The first-order valence-corrected chi connectivity index (χ1v) is 5.41. The number of aromatic amines is 1. The van der Waals surface area contributed by atoms with E-state index in [1.165, 1.54) is 6.07 Å². The molecule has 0 atom stereocenters. The lowest BCUT2D eigenvalue weighted by atomic mass is 10.2. The molecule has 1 amide bonds. The summed E-state index contributed by atoms with van der Waals surface area (Å²) in [6.45, 7) is 1.62. The van der Waals surface area contributed by atoms with E-state index < -0.39 is 11.5 Å². The van der Waals surface area contributed by atoms with Gasteiger partial charge in [-0.2, -0.15) is 0 Å². The molecule has 0 spiro atoms. The Labute approximate surface area is 106 Å². The van der Waals surface area contributed by atoms with Gasteiger partial charge in [0.15, 0.2) is 0 Å². The Kier molecular flexibility index (Phi) is 3.34. The largest absolute Gasteiger partial charge is 0.464 e. The monoisotopic (exact) mass is 264 g/mol. The molecule has 2 rings (SSSR count). The van der Waals surface area contributed by atoms with Gasteiger partial charge in [-0.25, -0.2) is 10.5 Å². The number of nitrogens with zero attached hydrogens (tertiary/aromatic N) is 1. The second-order valence-corrected chi connectivity index (χ2v) is 3.89. The van der Waals surface area contributed by atoms with Gasteiger partial charge in [-0.3, -0.25) is 24.9 Å². The minimum atomic E-state index is -0.485. The molecule has 0 bridgehead atoms. The van der Waals surface area contributed by atoms with E-state index in [-0.39, 0.29) is 17.7 Å². The fourth-order valence-electron chi connectivity index (χ4n) is 1.66. The Morgan fingerprint density at radius 3 is 2.89 bits per heavy atom. The van der Waals surface area contributed by atoms with E-state index in [2.05, 4.69) is 5.10 Å². The molecule has 0 aliphatic carbocycles. The summed E-state index contributed by atoms with van der Waals surface area (Å²) in [5.74, 6) is 5.29. The first-order valence-electron chi connectivity index (χ1n) is 5.41. The average molecular weight is 264 g/mol. The first kappa shape index (κ1) is 12.8. The van der Waals surface area contributed by atoms with Crippen molar-refractivity contribution in [2.75, 3.05) is 0 Å². The summed E-state index contributed by atoms with van der Waals surface area (Å²) in [7, 11) is 0. The quantitative estimate of drug-likeness (QED) is 0.376. The molecule has 2 aromatic rings. The highest BCUT2D eigenvalue weighted by atomic mass is 16.3. The predicted octanol–water partition coefficient (Wildman–Crippen LogP) is -0.910. The maximum atomic E-state index is 11.5. The summed E-state index contributed by atoms with van der Waals surface area (Å²) in [5.41, 5.74) is 1.50. The van der Waals surface area contributed by atoms with Crippen LogP contribution in [0.2, 0.25) is 0 Å². The van der Waals surface area contributed by atoms with E-state index in [1.807, 2.05) is 5.43 Å². The normalized spacial score (nSPS) is 10.4.